The molecular formula is C15H17N3O2S. The molecule has 3 rings (SSSR count). The van der Waals surface area contributed by atoms with E-state index in [4.69, 9.17) is 4.74 Å². The van der Waals surface area contributed by atoms with Crippen molar-refractivity contribution in [3.63, 3.8) is 0 Å². The lowest BCUT2D eigenvalue weighted by molar-refractivity contribution is -0.127. The molecule has 5 nitrogen and oxygen atoms in total. The van der Waals surface area contributed by atoms with E-state index < -0.39 is 6.10 Å². The van der Waals surface area contributed by atoms with E-state index in [2.05, 4.69) is 15.5 Å². The van der Waals surface area contributed by atoms with E-state index in [1.54, 1.807) is 6.92 Å². The second-order valence-electron chi connectivity index (χ2n) is 5.15. The van der Waals surface area contributed by atoms with E-state index in [0.29, 0.717) is 17.7 Å². The Balaban J connectivity index is 1.49. The Kier molecular flexibility index (Phi) is 4.26. The molecule has 1 atom stereocenters. The van der Waals surface area contributed by atoms with Crippen molar-refractivity contribution < 1.29 is 9.53 Å². The van der Waals surface area contributed by atoms with Crippen LogP contribution in [0.5, 0.6) is 0 Å². The molecule has 1 aromatic carbocycles. The molecule has 6 heteroatoms. The molecule has 1 amide bonds. The number of ether oxygens (including phenoxy) is 1. The van der Waals surface area contributed by atoms with Crippen LogP contribution in [-0.2, 0) is 16.1 Å². The molecule has 1 aromatic heterocycles. The van der Waals surface area contributed by atoms with E-state index in [1.807, 2.05) is 30.3 Å². The van der Waals surface area contributed by atoms with Crippen molar-refractivity contribution in [1.82, 2.24) is 10.2 Å². The fourth-order valence-electron chi connectivity index (χ4n) is 1.86. The van der Waals surface area contributed by atoms with Crippen LogP contribution >= 0.6 is 11.3 Å². The first-order chi connectivity index (χ1) is 10.2. The summed E-state index contributed by atoms with van der Waals surface area (Å²) in [4.78, 5) is 12.0. The number of nitrogens with zero attached hydrogens (tertiary/aromatic N) is 2. The Morgan fingerprint density at radius 1 is 1.38 bits per heavy atom. The van der Waals surface area contributed by atoms with Crippen LogP contribution in [0, 0.1) is 0 Å². The average Bonchev–Trinajstić information content (AvgIpc) is 3.26. The van der Waals surface area contributed by atoms with Gasteiger partial charge in [0.2, 0.25) is 5.13 Å². The SMILES string of the molecule is CC(OCc1ccccc1)C(=O)Nc1nnc(C2CC2)s1. The Bertz CT molecular complexity index is 610. The molecule has 0 saturated heterocycles. The largest absolute Gasteiger partial charge is 0.364 e. The summed E-state index contributed by atoms with van der Waals surface area (Å²) in [5, 5.41) is 12.4. The minimum atomic E-state index is -0.529. The monoisotopic (exact) mass is 303 g/mol. The van der Waals surface area contributed by atoms with E-state index in [9.17, 15) is 4.79 Å². The molecule has 1 heterocycles. The molecule has 0 spiro atoms. The molecule has 1 saturated carbocycles. The summed E-state index contributed by atoms with van der Waals surface area (Å²) in [5.74, 6) is 0.365. The van der Waals surface area contributed by atoms with Gasteiger partial charge in [0, 0.05) is 5.92 Å². The van der Waals surface area contributed by atoms with Gasteiger partial charge in [0.05, 0.1) is 6.61 Å². The lowest BCUT2D eigenvalue weighted by atomic mass is 10.2. The molecule has 1 N–H and O–H groups in total. The van der Waals surface area contributed by atoms with Gasteiger partial charge in [-0.15, -0.1) is 10.2 Å². The molecule has 0 bridgehead atoms. The van der Waals surface area contributed by atoms with Gasteiger partial charge >= 0.3 is 0 Å². The number of aromatic nitrogens is 2. The van der Waals surface area contributed by atoms with E-state index >= 15 is 0 Å². The second kappa shape index (κ2) is 6.32. The number of amides is 1. The zero-order chi connectivity index (χ0) is 14.7. The standard InChI is InChI=1S/C15H17N3O2S/c1-10(20-9-11-5-3-2-4-6-11)13(19)16-15-18-17-14(21-15)12-7-8-12/h2-6,10,12H,7-9H2,1H3,(H,16,18,19). The predicted octanol–water partition coefficient (Wildman–Crippen LogP) is 2.96. The maximum atomic E-state index is 12.0. The third kappa shape index (κ3) is 3.86. The zero-order valence-corrected chi connectivity index (χ0v) is 12.6. The molecule has 1 aliphatic carbocycles. The predicted molar refractivity (Wildman–Crippen MR) is 81.2 cm³/mol. The molecular weight excluding hydrogens is 286 g/mol. The van der Waals surface area contributed by atoms with Gasteiger partial charge in [-0.2, -0.15) is 0 Å². The molecule has 1 unspecified atom stereocenters. The Morgan fingerprint density at radius 2 is 2.14 bits per heavy atom. The number of carbonyl (C=O) groups excluding carboxylic acids is 1. The minimum Gasteiger partial charge on any atom is -0.364 e. The molecule has 1 aliphatic rings. The Labute approximate surface area is 127 Å². The number of carbonyl (C=O) groups is 1. The van der Waals surface area contributed by atoms with Crippen LogP contribution in [0.15, 0.2) is 30.3 Å². The van der Waals surface area contributed by atoms with Crippen LogP contribution in [-0.4, -0.2) is 22.2 Å². The Hall–Kier alpha value is -1.79. The van der Waals surface area contributed by atoms with Gasteiger partial charge in [-0.3, -0.25) is 10.1 Å². The first-order valence-electron chi connectivity index (χ1n) is 7.02. The highest BCUT2D eigenvalue weighted by molar-refractivity contribution is 7.15. The second-order valence-corrected chi connectivity index (χ2v) is 6.16. The highest BCUT2D eigenvalue weighted by Crippen LogP contribution is 2.42. The van der Waals surface area contributed by atoms with E-state index in [0.717, 1.165) is 10.6 Å². The van der Waals surface area contributed by atoms with Crippen LogP contribution in [0.4, 0.5) is 5.13 Å². The maximum absolute atomic E-state index is 12.0. The topological polar surface area (TPSA) is 64.1 Å². The number of rotatable bonds is 6. The normalized spacial score (nSPS) is 15.7. The number of hydrogen-bond acceptors (Lipinski definition) is 5. The van der Waals surface area contributed by atoms with Gasteiger partial charge in [0.1, 0.15) is 11.1 Å². The number of anilines is 1. The molecule has 110 valence electrons. The highest BCUT2D eigenvalue weighted by atomic mass is 32.1. The smallest absolute Gasteiger partial charge is 0.255 e. The molecule has 0 aliphatic heterocycles. The summed E-state index contributed by atoms with van der Waals surface area (Å²) in [5.41, 5.74) is 1.05. The number of benzene rings is 1. The average molecular weight is 303 g/mol. The summed E-state index contributed by atoms with van der Waals surface area (Å²) in [6, 6.07) is 9.79. The van der Waals surface area contributed by atoms with Gasteiger partial charge < -0.3 is 4.74 Å². The molecule has 2 aromatic rings. The van der Waals surface area contributed by atoms with Crippen molar-refractivity contribution in [1.29, 1.82) is 0 Å². The van der Waals surface area contributed by atoms with E-state index in [-0.39, 0.29) is 5.91 Å². The van der Waals surface area contributed by atoms with Crippen LogP contribution in [0.1, 0.15) is 36.3 Å². The van der Waals surface area contributed by atoms with Gasteiger partial charge in [-0.25, -0.2) is 0 Å². The third-order valence-electron chi connectivity index (χ3n) is 3.31. The highest BCUT2D eigenvalue weighted by Gasteiger charge is 2.28. The van der Waals surface area contributed by atoms with E-state index in [1.165, 1.54) is 24.2 Å². The lowest BCUT2D eigenvalue weighted by Crippen LogP contribution is -2.27. The maximum Gasteiger partial charge on any atom is 0.255 e. The fraction of sp³-hybridized carbons (Fsp3) is 0.400. The quantitative estimate of drug-likeness (QED) is 0.891. The van der Waals surface area contributed by atoms with Crippen LogP contribution < -0.4 is 5.32 Å². The lowest BCUT2D eigenvalue weighted by Gasteiger charge is -2.11. The molecule has 1 fully saturated rings. The van der Waals surface area contributed by atoms with Gasteiger partial charge in [0.15, 0.2) is 0 Å². The van der Waals surface area contributed by atoms with Crippen molar-refractivity contribution >= 4 is 22.4 Å². The Morgan fingerprint density at radius 3 is 2.86 bits per heavy atom. The summed E-state index contributed by atoms with van der Waals surface area (Å²) in [6.07, 6.45) is 1.83. The van der Waals surface area contributed by atoms with Crippen molar-refractivity contribution in [3.8, 4) is 0 Å². The van der Waals surface area contributed by atoms with Crippen LogP contribution in [0.2, 0.25) is 0 Å². The van der Waals surface area contributed by atoms with Crippen molar-refractivity contribution in [2.75, 3.05) is 5.32 Å². The minimum absolute atomic E-state index is 0.190. The van der Waals surface area contributed by atoms with Gasteiger partial charge in [-0.05, 0) is 25.3 Å². The fourth-order valence-corrected chi connectivity index (χ4v) is 2.77. The summed E-state index contributed by atoms with van der Waals surface area (Å²) in [7, 11) is 0. The first kappa shape index (κ1) is 14.2. The molecule has 0 radical (unpaired) electrons. The van der Waals surface area contributed by atoms with Gasteiger partial charge in [-0.1, -0.05) is 41.7 Å². The third-order valence-corrected chi connectivity index (χ3v) is 4.31. The summed E-state index contributed by atoms with van der Waals surface area (Å²) >= 11 is 1.45. The molecule has 21 heavy (non-hydrogen) atoms. The van der Waals surface area contributed by atoms with Gasteiger partial charge in [0.25, 0.3) is 5.91 Å². The summed E-state index contributed by atoms with van der Waals surface area (Å²) < 4.78 is 5.57. The van der Waals surface area contributed by atoms with Crippen molar-refractivity contribution in [2.45, 2.75) is 38.4 Å². The number of nitrogens with one attached hydrogen (secondary N) is 1. The van der Waals surface area contributed by atoms with Crippen molar-refractivity contribution in [3.05, 3.63) is 40.9 Å². The van der Waals surface area contributed by atoms with Crippen molar-refractivity contribution in [2.24, 2.45) is 0 Å². The van der Waals surface area contributed by atoms with Crippen LogP contribution in [0.3, 0.4) is 0 Å². The van der Waals surface area contributed by atoms with Crippen LogP contribution in [0.25, 0.3) is 0 Å². The first-order valence-corrected chi connectivity index (χ1v) is 7.84. The number of hydrogen-bond donors (Lipinski definition) is 1. The zero-order valence-electron chi connectivity index (χ0n) is 11.8. The summed E-state index contributed by atoms with van der Waals surface area (Å²) in [6.45, 7) is 2.15.